The van der Waals surface area contributed by atoms with Crippen molar-refractivity contribution in [3.8, 4) is 11.5 Å². The molecule has 0 fully saturated rings. The first-order chi connectivity index (χ1) is 11.7. The predicted octanol–water partition coefficient (Wildman–Crippen LogP) is 3.80. The SMILES string of the molecule is CCC(C(N)=NCCc1ccc(OC)c(OC)c1)c1ccccc1. The highest BCUT2D eigenvalue weighted by Gasteiger charge is 2.13. The third-order valence-corrected chi connectivity index (χ3v) is 4.11. The van der Waals surface area contributed by atoms with Gasteiger partial charge in [-0.05, 0) is 36.1 Å². The van der Waals surface area contributed by atoms with Gasteiger partial charge in [-0.2, -0.15) is 0 Å². The number of ether oxygens (including phenoxy) is 2. The van der Waals surface area contributed by atoms with Crippen LogP contribution in [-0.2, 0) is 6.42 Å². The predicted molar refractivity (Wildman–Crippen MR) is 99.2 cm³/mol. The lowest BCUT2D eigenvalue weighted by atomic mass is 9.95. The van der Waals surface area contributed by atoms with Gasteiger partial charge in [0.2, 0.25) is 0 Å². The minimum atomic E-state index is 0.177. The lowest BCUT2D eigenvalue weighted by Gasteiger charge is -2.15. The number of rotatable bonds is 8. The van der Waals surface area contributed by atoms with Crippen molar-refractivity contribution in [1.82, 2.24) is 0 Å². The van der Waals surface area contributed by atoms with Gasteiger partial charge in [-0.15, -0.1) is 0 Å². The highest BCUT2D eigenvalue weighted by atomic mass is 16.5. The summed E-state index contributed by atoms with van der Waals surface area (Å²) >= 11 is 0. The molecular weight excluding hydrogens is 300 g/mol. The number of hydrogen-bond acceptors (Lipinski definition) is 3. The maximum Gasteiger partial charge on any atom is 0.160 e. The Kier molecular flexibility index (Phi) is 6.67. The third-order valence-electron chi connectivity index (χ3n) is 4.11. The zero-order valence-electron chi connectivity index (χ0n) is 14.7. The summed E-state index contributed by atoms with van der Waals surface area (Å²) in [5, 5.41) is 0. The van der Waals surface area contributed by atoms with Gasteiger partial charge in [0.15, 0.2) is 11.5 Å². The molecule has 1 atom stereocenters. The Balaban J connectivity index is 2.02. The highest BCUT2D eigenvalue weighted by molar-refractivity contribution is 5.87. The molecule has 0 aromatic heterocycles. The molecule has 0 radical (unpaired) electrons. The molecule has 1 unspecified atom stereocenters. The van der Waals surface area contributed by atoms with Gasteiger partial charge < -0.3 is 15.2 Å². The Morgan fingerprint density at radius 1 is 1.04 bits per heavy atom. The van der Waals surface area contributed by atoms with Crippen LogP contribution in [0, 0.1) is 0 Å². The van der Waals surface area contributed by atoms with Crippen LogP contribution < -0.4 is 15.2 Å². The van der Waals surface area contributed by atoms with Crippen molar-refractivity contribution in [1.29, 1.82) is 0 Å². The summed E-state index contributed by atoms with van der Waals surface area (Å²) in [6.07, 6.45) is 1.75. The van der Waals surface area contributed by atoms with Crippen LogP contribution in [0.3, 0.4) is 0 Å². The van der Waals surface area contributed by atoms with E-state index < -0.39 is 0 Å². The molecule has 0 spiro atoms. The fourth-order valence-corrected chi connectivity index (χ4v) is 2.76. The van der Waals surface area contributed by atoms with Crippen LogP contribution in [0.5, 0.6) is 11.5 Å². The Morgan fingerprint density at radius 3 is 2.38 bits per heavy atom. The Labute approximate surface area is 144 Å². The van der Waals surface area contributed by atoms with Gasteiger partial charge in [-0.3, -0.25) is 4.99 Å². The summed E-state index contributed by atoms with van der Waals surface area (Å²) in [4.78, 5) is 4.59. The molecule has 128 valence electrons. The maximum absolute atomic E-state index is 6.23. The molecule has 0 saturated heterocycles. The molecule has 2 aromatic rings. The maximum atomic E-state index is 6.23. The van der Waals surface area contributed by atoms with E-state index >= 15 is 0 Å². The molecule has 0 saturated carbocycles. The summed E-state index contributed by atoms with van der Waals surface area (Å²) < 4.78 is 10.6. The number of hydrogen-bond donors (Lipinski definition) is 1. The first-order valence-corrected chi connectivity index (χ1v) is 8.25. The lowest BCUT2D eigenvalue weighted by Crippen LogP contribution is -2.22. The van der Waals surface area contributed by atoms with Crippen LogP contribution in [0.15, 0.2) is 53.5 Å². The number of amidine groups is 1. The van der Waals surface area contributed by atoms with Gasteiger partial charge in [0.25, 0.3) is 0 Å². The summed E-state index contributed by atoms with van der Waals surface area (Å²) in [7, 11) is 3.28. The number of aliphatic imine (C=N–C) groups is 1. The second-order valence-electron chi connectivity index (χ2n) is 5.62. The number of benzene rings is 2. The Morgan fingerprint density at radius 2 is 1.75 bits per heavy atom. The largest absolute Gasteiger partial charge is 0.493 e. The van der Waals surface area contributed by atoms with Gasteiger partial charge >= 0.3 is 0 Å². The van der Waals surface area contributed by atoms with Crippen LogP contribution in [0.1, 0.15) is 30.4 Å². The number of nitrogens with zero attached hydrogens (tertiary/aromatic N) is 1. The van der Waals surface area contributed by atoms with Crippen molar-refractivity contribution in [2.75, 3.05) is 20.8 Å². The standard InChI is InChI=1S/C20H26N2O2/c1-4-17(16-8-6-5-7-9-16)20(21)22-13-12-15-10-11-18(23-2)19(14-15)24-3/h5-11,14,17H,4,12-13H2,1-3H3,(H2,21,22). The van der Waals surface area contributed by atoms with Gasteiger partial charge in [-0.1, -0.05) is 43.3 Å². The van der Waals surface area contributed by atoms with Crippen molar-refractivity contribution in [3.05, 3.63) is 59.7 Å². The molecule has 0 amide bonds. The lowest BCUT2D eigenvalue weighted by molar-refractivity contribution is 0.354. The average molecular weight is 326 g/mol. The number of nitrogens with two attached hydrogens (primary N) is 1. The van der Waals surface area contributed by atoms with Crippen LogP contribution in [0.4, 0.5) is 0 Å². The van der Waals surface area contributed by atoms with E-state index in [4.69, 9.17) is 15.2 Å². The molecule has 2 N–H and O–H groups in total. The Bertz CT molecular complexity index is 669. The molecule has 0 aliphatic rings. The molecule has 24 heavy (non-hydrogen) atoms. The topological polar surface area (TPSA) is 56.8 Å². The second kappa shape index (κ2) is 8.96. The minimum Gasteiger partial charge on any atom is -0.493 e. The van der Waals surface area contributed by atoms with Gasteiger partial charge in [0.1, 0.15) is 5.84 Å². The van der Waals surface area contributed by atoms with Crippen molar-refractivity contribution in [2.45, 2.75) is 25.7 Å². The van der Waals surface area contributed by atoms with Crippen LogP contribution >= 0.6 is 0 Å². The van der Waals surface area contributed by atoms with E-state index in [2.05, 4.69) is 24.0 Å². The van der Waals surface area contributed by atoms with Crippen molar-refractivity contribution in [2.24, 2.45) is 10.7 Å². The third kappa shape index (κ3) is 4.51. The first-order valence-electron chi connectivity index (χ1n) is 8.25. The first kappa shape index (κ1) is 17.9. The molecule has 4 heteroatoms. The van der Waals surface area contributed by atoms with Crippen LogP contribution in [0.2, 0.25) is 0 Å². The van der Waals surface area contributed by atoms with Gasteiger partial charge in [0.05, 0.1) is 14.2 Å². The van der Waals surface area contributed by atoms with E-state index in [1.165, 1.54) is 5.56 Å². The van der Waals surface area contributed by atoms with Gasteiger partial charge in [0, 0.05) is 12.5 Å². The molecule has 0 heterocycles. The Hall–Kier alpha value is -2.49. The minimum absolute atomic E-state index is 0.177. The molecule has 0 aliphatic carbocycles. The fourth-order valence-electron chi connectivity index (χ4n) is 2.76. The summed E-state index contributed by atoms with van der Waals surface area (Å²) in [6, 6.07) is 16.2. The van der Waals surface area contributed by atoms with Gasteiger partial charge in [-0.25, -0.2) is 0 Å². The van der Waals surface area contributed by atoms with Crippen LogP contribution in [-0.4, -0.2) is 26.6 Å². The van der Waals surface area contributed by atoms with Crippen molar-refractivity contribution < 1.29 is 9.47 Å². The van der Waals surface area contributed by atoms with Crippen LogP contribution in [0.25, 0.3) is 0 Å². The van der Waals surface area contributed by atoms with E-state index in [0.29, 0.717) is 12.4 Å². The zero-order valence-corrected chi connectivity index (χ0v) is 14.7. The van der Waals surface area contributed by atoms with E-state index in [-0.39, 0.29) is 5.92 Å². The van der Waals surface area contributed by atoms with E-state index in [9.17, 15) is 0 Å². The van der Waals surface area contributed by atoms with Crippen molar-refractivity contribution in [3.63, 3.8) is 0 Å². The molecule has 2 aromatic carbocycles. The molecule has 2 rings (SSSR count). The molecule has 0 aliphatic heterocycles. The highest BCUT2D eigenvalue weighted by Crippen LogP contribution is 2.27. The normalized spacial score (nSPS) is 12.7. The molecule has 4 nitrogen and oxygen atoms in total. The average Bonchev–Trinajstić information content (AvgIpc) is 2.63. The van der Waals surface area contributed by atoms with Crippen molar-refractivity contribution >= 4 is 5.84 Å². The smallest absolute Gasteiger partial charge is 0.160 e. The molecular formula is C20H26N2O2. The summed E-state index contributed by atoms with van der Waals surface area (Å²) in [5.74, 6) is 2.35. The number of methoxy groups -OCH3 is 2. The van der Waals surface area contributed by atoms with E-state index in [0.717, 1.165) is 29.9 Å². The van der Waals surface area contributed by atoms with E-state index in [1.54, 1.807) is 14.2 Å². The molecule has 0 bridgehead atoms. The van der Waals surface area contributed by atoms with E-state index in [1.807, 2.05) is 36.4 Å². The monoisotopic (exact) mass is 326 g/mol. The fraction of sp³-hybridized carbons (Fsp3) is 0.350. The quantitative estimate of drug-likeness (QED) is 0.593. The zero-order chi connectivity index (χ0) is 17.4. The summed E-state index contributed by atoms with van der Waals surface area (Å²) in [5.41, 5.74) is 8.60. The second-order valence-corrected chi connectivity index (χ2v) is 5.62. The summed E-state index contributed by atoms with van der Waals surface area (Å²) in [6.45, 7) is 2.79.